The van der Waals surface area contributed by atoms with Crippen molar-refractivity contribution in [2.75, 3.05) is 14.1 Å². The summed E-state index contributed by atoms with van der Waals surface area (Å²) >= 11 is 0. The number of halogens is 1. The van der Waals surface area contributed by atoms with Crippen LogP contribution in [0.15, 0.2) is 42.5 Å². The average molecular weight is 406 g/mol. The van der Waals surface area contributed by atoms with Gasteiger partial charge in [0, 0.05) is 0 Å². The molecule has 0 unspecified atom stereocenters. The number of allylic oxidation sites excluding steroid dienone is 2. The molecular weight excluding hydrogens is 357 g/mol. The van der Waals surface area contributed by atoms with Crippen molar-refractivity contribution < 1.29 is 4.70 Å². The van der Waals surface area contributed by atoms with Gasteiger partial charge in [-0.05, 0) is 63.6 Å². The van der Waals surface area contributed by atoms with Crippen LogP contribution in [-0.2, 0) is 6.42 Å². The van der Waals surface area contributed by atoms with Crippen molar-refractivity contribution in [2.24, 2.45) is 11.8 Å². The normalized spacial score (nSPS) is 19.6. The van der Waals surface area contributed by atoms with E-state index in [-0.39, 0.29) is 4.70 Å². The second-order valence-electron chi connectivity index (χ2n) is 8.66. The van der Waals surface area contributed by atoms with E-state index in [9.17, 15) is 0 Å². The van der Waals surface area contributed by atoms with E-state index in [0.717, 1.165) is 11.8 Å². The molecule has 0 bridgehead atoms. The van der Waals surface area contributed by atoms with Crippen LogP contribution in [0.1, 0.15) is 96.0 Å². The highest BCUT2D eigenvalue weighted by molar-refractivity contribution is 5.15. The van der Waals surface area contributed by atoms with Crippen LogP contribution in [0.3, 0.4) is 0 Å². The molecule has 0 amide bonds. The zero-order chi connectivity index (χ0) is 20.3. The van der Waals surface area contributed by atoms with Crippen LogP contribution in [0.4, 0.5) is 4.70 Å². The van der Waals surface area contributed by atoms with Gasteiger partial charge in [-0.1, -0.05) is 107 Å². The monoisotopic (exact) mass is 405 g/mol. The summed E-state index contributed by atoms with van der Waals surface area (Å²) in [5.41, 5.74) is 1.53. The molecule has 168 valence electrons. The molecule has 0 aliphatic heterocycles. The Bertz CT molecular complexity index is 461. The molecule has 2 rings (SSSR count). The second-order valence-corrected chi connectivity index (χ2v) is 8.66. The van der Waals surface area contributed by atoms with Crippen molar-refractivity contribution in [1.29, 1.82) is 0 Å². The molecule has 1 aromatic carbocycles. The quantitative estimate of drug-likeness (QED) is 0.306. The molecule has 1 nitrogen and oxygen atoms in total. The second kappa shape index (κ2) is 20.1. The van der Waals surface area contributed by atoms with E-state index in [1.165, 1.54) is 95.5 Å². The molecule has 0 atom stereocenters. The zero-order valence-corrected chi connectivity index (χ0v) is 19.5. The Hall–Kier alpha value is -1.15. The summed E-state index contributed by atoms with van der Waals surface area (Å²) in [6.45, 7) is 2.29. The molecule has 0 radical (unpaired) electrons. The standard InChI is InChI=1S/C25H40.C2H7N.FH/c1-2-3-4-5-6-7-8-10-15-23-18-13-20-25(21-14-19-23)22-24-16-11-9-12-17-24;1-3-2;/h9-12,15-17,23,25H,2-8,13-14,18-22H2,1H3;3H,1-2H3;1H. The minimum Gasteiger partial charge on any atom is -0.323 e. The SMILES string of the molecule is CCCCCCCCC=CC1CCCC(Cc2ccccc2)CCC1.CNC.F. The van der Waals surface area contributed by atoms with E-state index in [4.69, 9.17) is 0 Å². The third-order valence-corrected chi connectivity index (χ3v) is 5.87. The Labute approximate surface area is 181 Å². The van der Waals surface area contributed by atoms with E-state index in [0.29, 0.717) is 0 Å². The number of benzene rings is 1. The molecule has 2 heteroatoms. The minimum absolute atomic E-state index is 0. The number of rotatable bonds is 10. The maximum atomic E-state index is 2.75. The Morgan fingerprint density at radius 3 is 2.07 bits per heavy atom. The van der Waals surface area contributed by atoms with Gasteiger partial charge in [0.05, 0.1) is 0 Å². The molecule has 29 heavy (non-hydrogen) atoms. The molecule has 0 saturated heterocycles. The fraction of sp³-hybridized carbons (Fsp3) is 0.704. The van der Waals surface area contributed by atoms with Gasteiger partial charge in [0.25, 0.3) is 0 Å². The summed E-state index contributed by atoms with van der Waals surface area (Å²) < 4.78 is 0. The average Bonchev–Trinajstić information content (AvgIpc) is 2.68. The molecule has 0 heterocycles. The van der Waals surface area contributed by atoms with Crippen LogP contribution in [-0.4, -0.2) is 14.1 Å². The van der Waals surface area contributed by atoms with E-state index >= 15 is 0 Å². The third-order valence-electron chi connectivity index (χ3n) is 5.87. The molecular formula is C27H48FN. The topological polar surface area (TPSA) is 12.0 Å². The van der Waals surface area contributed by atoms with Crippen LogP contribution < -0.4 is 5.32 Å². The summed E-state index contributed by atoms with van der Waals surface area (Å²) in [6, 6.07) is 11.1. The van der Waals surface area contributed by atoms with Gasteiger partial charge in [-0.2, -0.15) is 0 Å². The van der Waals surface area contributed by atoms with Gasteiger partial charge >= 0.3 is 0 Å². The number of nitrogens with one attached hydrogen (secondary N) is 1. The van der Waals surface area contributed by atoms with E-state index in [2.05, 4.69) is 54.7 Å². The fourth-order valence-electron chi connectivity index (χ4n) is 4.30. The number of hydrogen-bond acceptors (Lipinski definition) is 1. The number of unbranched alkanes of at least 4 members (excludes halogenated alkanes) is 6. The van der Waals surface area contributed by atoms with Crippen molar-refractivity contribution in [1.82, 2.24) is 5.32 Å². The molecule has 1 aliphatic carbocycles. The molecule has 1 aliphatic rings. The lowest BCUT2D eigenvalue weighted by atomic mass is 9.83. The Kier molecular flexibility index (Phi) is 19.3. The first-order valence-corrected chi connectivity index (χ1v) is 12.1. The van der Waals surface area contributed by atoms with Gasteiger partial charge in [0.2, 0.25) is 0 Å². The summed E-state index contributed by atoms with van der Waals surface area (Å²) in [5.74, 6) is 1.77. The highest BCUT2D eigenvalue weighted by atomic mass is 19.0. The van der Waals surface area contributed by atoms with E-state index in [1.807, 2.05) is 14.1 Å². The Balaban J connectivity index is 0.00000184. The van der Waals surface area contributed by atoms with Crippen LogP contribution in [0.2, 0.25) is 0 Å². The predicted molar refractivity (Wildman–Crippen MR) is 129 cm³/mol. The van der Waals surface area contributed by atoms with Gasteiger partial charge in [-0.15, -0.1) is 0 Å². The Morgan fingerprint density at radius 1 is 0.862 bits per heavy atom. The molecule has 0 aromatic heterocycles. The lowest BCUT2D eigenvalue weighted by molar-refractivity contribution is 0.344. The third kappa shape index (κ3) is 15.4. The zero-order valence-electron chi connectivity index (χ0n) is 19.5. The summed E-state index contributed by atoms with van der Waals surface area (Å²) in [4.78, 5) is 0. The summed E-state index contributed by atoms with van der Waals surface area (Å²) in [6.07, 6.45) is 24.6. The van der Waals surface area contributed by atoms with Crippen molar-refractivity contribution in [3.63, 3.8) is 0 Å². The lowest BCUT2D eigenvalue weighted by Gasteiger charge is -2.23. The van der Waals surface area contributed by atoms with E-state index < -0.39 is 0 Å². The van der Waals surface area contributed by atoms with Gasteiger partial charge in [0.1, 0.15) is 0 Å². The molecule has 1 saturated carbocycles. The molecule has 1 fully saturated rings. The van der Waals surface area contributed by atoms with Crippen molar-refractivity contribution >= 4 is 0 Å². The van der Waals surface area contributed by atoms with Crippen molar-refractivity contribution in [2.45, 2.75) is 96.8 Å². The maximum absolute atomic E-state index is 2.75. The summed E-state index contributed by atoms with van der Waals surface area (Å²) in [5, 5.41) is 2.75. The van der Waals surface area contributed by atoms with Gasteiger partial charge in [-0.25, -0.2) is 0 Å². The van der Waals surface area contributed by atoms with Gasteiger partial charge in [0.15, 0.2) is 0 Å². The van der Waals surface area contributed by atoms with Crippen LogP contribution in [0.25, 0.3) is 0 Å². The van der Waals surface area contributed by atoms with Gasteiger partial charge < -0.3 is 5.32 Å². The lowest BCUT2D eigenvalue weighted by Crippen LogP contribution is -2.10. The number of hydrogen-bond donors (Lipinski definition) is 1. The molecule has 1 N–H and O–H groups in total. The van der Waals surface area contributed by atoms with E-state index in [1.54, 1.807) is 0 Å². The minimum atomic E-state index is 0. The first-order valence-electron chi connectivity index (χ1n) is 12.1. The van der Waals surface area contributed by atoms with Crippen molar-refractivity contribution in [3.8, 4) is 0 Å². The first-order chi connectivity index (χ1) is 13.8. The molecule has 0 spiro atoms. The Morgan fingerprint density at radius 2 is 1.45 bits per heavy atom. The van der Waals surface area contributed by atoms with Crippen LogP contribution in [0.5, 0.6) is 0 Å². The first kappa shape index (κ1) is 27.8. The molecule has 1 aromatic rings. The summed E-state index contributed by atoms with van der Waals surface area (Å²) in [7, 11) is 3.75. The van der Waals surface area contributed by atoms with Crippen LogP contribution in [0, 0.1) is 11.8 Å². The fourth-order valence-corrected chi connectivity index (χ4v) is 4.30. The smallest absolute Gasteiger partial charge is 0.0167 e. The highest BCUT2D eigenvalue weighted by Crippen LogP contribution is 2.29. The highest BCUT2D eigenvalue weighted by Gasteiger charge is 2.15. The van der Waals surface area contributed by atoms with Crippen LogP contribution >= 0.6 is 0 Å². The maximum Gasteiger partial charge on any atom is -0.0167 e. The van der Waals surface area contributed by atoms with Gasteiger partial charge in [-0.3, -0.25) is 4.70 Å². The largest absolute Gasteiger partial charge is 0.323 e. The van der Waals surface area contributed by atoms with Crippen molar-refractivity contribution in [3.05, 3.63) is 48.0 Å². The predicted octanol–water partition coefficient (Wildman–Crippen LogP) is 8.11.